The highest BCUT2D eigenvalue weighted by atomic mass is 16.5. The van der Waals surface area contributed by atoms with E-state index in [1.807, 2.05) is 6.20 Å². The first-order valence-corrected chi connectivity index (χ1v) is 7.38. The molecule has 0 aromatic carbocycles. The number of aromatic nitrogens is 1. The zero-order valence-electron chi connectivity index (χ0n) is 12.1. The molecule has 0 unspecified atom stereocenters. The van der Waals surface area contributed by atoms with Gasteiger partial charge in [0.2, 0.25) is 0 Å². The highest BCUT2D eigenvalue weighted by molar-refractivity contribution is 5.61. The highest BCUT2D eigenvalue weighted by Gasteiger charge is 2.54. The minimum absolute atomic E-state index is 0.108. The Hall–Kier alpha value is -1.25. The Bertz CT molecular complexity index is 528. The molecule has 1 spiro atoms. The Kier molecular flexibility index (Phi) is 2.09. The van der Waals surface area contributed by atoms with Crippen LogP contribution in [-0.2, 0) is 5.41 Å². The maximum Gasteiger partial charge on any atom is 0.172 e. The van der Waals surface area contributed by atoms with Crippen LogP contribution in [0.25, 0.3) is 0 Å². The highest BCUT2D eigenvalue weighted by Crippen LogP contribution is 2.57. The number of hydrogen-bond donors (Lipinski definition) is 0. The van der Waals surface area contributed by atoms with Gasteiger partial charge in [0, 0.05) is 18.3 Å². The monoisotopic (exact) mass is 258 g/mol. The summed E-state index contributed by atoms with van der Waals surface area (Å²) in [5.74, 6) is 2.12. The summed E-state index contributed by atoms with van der Waals surface area (Å²) in [6, 6.07) is 2.67. The average molecular weight is 258 g/mol. The molecule has 3 heteroatoms. The first kappa shape index (κ1) is 11.6. The van der Waals surface area contributed by atoms with Gasteiger partial charge in [-0.2, -0.15) is 0 Å². The summed E-state index contributed by atoms with van der Waals surface area (Å²) in [6.07, 6.45) is 6.04. The average Bonchev–Trinajstić information content (AvgIpc) is 2.98. The molecule has 4 rings (SSSR count). The van der Waals surface area contributed by atoms with E-state index in [0.29, 0.717) is 11.5 Å². The van der Waals surface area contributed by atoms with Crippen LogP contribution < -0.4 is 9.64 Å². The van der Waals surface area contributed by atoms with E-state index >= 15 is 0 Å². The number of anilines is 1. The molecular formula is C16H22N2O. The molecule has 1 aliphatic carbocycles. The number of rotatable bonds is 0. The molecule has 3 nitrogen and oxygen atoms in total. The van der Waals surface area contributed by atoms with Gasteiger partial charge in [-0.3, -0.25) is 0 Å². The van der Waals surface area contributed by atoms with Gasteiger partial charge in [-0.25, -0.2) is 4.98 Å². The fraction of sp³-hybridized carbons (Fsp3) is 0.688. The lowest BCUT2D eigenvalue weighted by Crippen LogP contribution is -2.39. The number of nitrogens with zero attached hydrogens (tertiary/aromatic N) is 2. The molecule has 1 saturated carbocycles. The quantitative estimate of drug-likeness (QED) is 0.715. The third-order valence-electron chi connectivity index (χ3n) is 4.96. The van der Waals surface area contributed by atoms with E-state index in [9.17, 15) is 0 Å². The van der Waals surface area contributed by atoms with Crippen LogP contribution >= 0.6 is 0 Å². The molecule has 3 aliphatic rings. The summed E-state index contributed by atoms with van der Waals surface area (Å²) in [6.45, 7) is 8.75. The second-order valence-electron chi connectivity index (χ2n) is 7.56. The lowest BCUT2D eigenvalue weighted by molar-refractivity contribution is 0.260. The zero-order chi connectivity index (χ0) is 13.3. The fourth-order valence-corrected chi connectivity index (χ4v) is 3.65. The van der Waals surface area contributed by atoms with Crippen LogP contribution in [0.4, 0.5) is 5.82 Å². The molecule has 19 heavy (non-hydrogen) atoms. The van der Waals surface area contributed by atoms with Crippen molar-refractivity contribution in [2.45, 2.75) is 51.5 Å². The van der Waals surface area contributed by atoms with Gasteiger partial charge in [0.05, 0.1) is 6.04 Å². The van der Waals surface area contributed by atoms with Crippen LogP contribution in [0.1, 0.15) is 45.6 Å². The van der Waals surface area contributed by atoms with Crippen LogP contribution in [0.5, 0.6) is 5.75 Å². The topological polar surface area (TPSA) is 25.4 Å². The number of ether oxygens (including phenoxy) is 1. The molecular weight excluding hydrogens is 236 g/mol. The lowest BCUT2D eigenvalue weighted by atomic mass is 9.86. The van der Waals surface area contributed by atoms with Crippen LogP contribution in [0.15, 0.2) is 12.3 Å². The minimum atomic E-state index is 0.108. The first-order valence-electron chi connectivity index (χ1n) is 7.38. The second kappa shape index (κ2) is 3.44. The van der Waals surface area contributed by atoms with Gasteiger partial charge in [0.15, 0.2) is 11.6 Å². The molecule has 0 amide bonds. The molecule has 1 aromatic rings. The third-order valence-corrected chi connectivity index (χ3v) is 4.96. The second-order valence-corrected chi connectivity index (χ2v) is 7.56. The summed E-state index contributed by atoms with van der Waals surface area (Å²) in [7, 11) is 0. The predicted molar refractivity (Wildman–Crippen MR) is 75.9 cm³/mol. The van der Waals surface area contributed by atoms with Crippen molar-refractivity contribution >= 4 is 5.82 Å². The summed E-state index contributed by atoms with van der Waals surface area (Å²) >= 11 is 0. The van der Waals surface area contributed by atoms with Gasteiger partial charge >= 0.3 is 0 Å². The third kappa shape index (κ3) is 1.67. The lowest BCUT2D eigenvalue weighted by Gasteiger charge is -2.35. The SMILES string of the molecule is CC(C)(C)c1ccnc2c1OC[C@@H]1CC3(CC3)CN21. The maximum atomic E-state index is 6.11. The number of pyridine rings is 1. The molecule has 0 N–H and O–H groups in total. The molecule has 1 atom stereocenters. The minimum Gasteiger partial charge on any atom is -0.487 e. The van der Waals surface area contributed by atoms with E-state index in [0.717, 1.165) is 18.2 Å². The Labute approximate surface area is 115 Å². The number of hydrogen-bond acceptors (Lipinski definition) is 3. The molecule has 1 saturated heterocycles. The van der Waals surface area contributed by atoms with E-state index in [1.54, 1.807) is 0 Å². The standard InChI is InChI=1S/C16H22N2O/c1-15(2,3)12-4-7-17-14-13(12)19-9-11-8-16(5-6-16)10-18(11)14/h4,7,11H,5-6,8-10H2,1-3H3/t11-/m0/s1. The van der Waals surface area contributed by atoms with Crippen molar-refractivity contribution in [3.05, 3.63) is 17.8 Å². The van der Waals surface area contributed by atoms with Gasteiger partial charge in [0.1, 0.15) is 6.61 Å². The zero-order valence-corrected chi connectivity index (χ0v) is 12.1. The van der Waals surface area contributed by atoms with Gasteiger partial charge in [-0.05, 0) is 36.2 Å². The van der Waals surface area contributed by atoms with E-state index < -0.39 is 0 Å². The summed E-state index contributed by atoms with van der Waals surface area (Å²) < 4.78 is 6.11. The number of fused-ring (bicyclic) bond motifs is 3. The van der Waals surface area contributed by atoms with Gasteiger partial charge < -0.3 is 9.64 Å². The Morgan fingerprint density at radius 2 is 2.16 bits per heavy atom. The molecule has 2 fully saturated rings. The van der Waals surface area contributed by atoms with Crippen LogP contribution in [0, 0.1) is 5.41 Å². The summed E-state index contributed by atoms with van der Waals surface area (Å²) in [5.41, 5.74) is 2.00. The van der Waals surface area contributed by atoms with Crippen molar-refractivity contribution in [2.24, 2.45) is 5.41 Å². The van der Waals surface area contributed by atoms with Crippen molar-refractivity contribution in [3.8, 4) is 5.75 Å². The molecule has 2 aliphatic heterocycles. The van der Waals surface area contributed by atoms with E-state index in [4.69, 9.17) is 4.74 Å². The van der Waals surface area contributed by atoms with Crippen molar-refractivity contribution in [1.29, 1.82) is 0 Å². The Balaban J connectivity index is 1.78. The van der Waals surface area contributed by atoms with E-state index in [-0.39, 0.29) is 5.41 Å². The van der Waals surface area contributed by atoms with Crippen LogP contribution in [-0.4, -0.2) is 24.2 Å². The summed E-state index contributed by atoms with van der Waals surface area (Å²) in [4.78, 5) is 7.15. The molecule has 0 radical (unpaired) electrons. The van der Waals surface area contributed by atoms with Gasteiger partial charge in [-0.15, -0.1) is 0 Å². The largest absolute Gasteiger partial charge is 0.487 e. The first-order chi connectivity index (χ1) is 8.99. The summed E-state index contributed by atoms with van der Waals surface area (Å²) in [5, 5.41) is 0. The van der Waals surface area contributed by atoms with E-state index in [1.165, 1.54) is 31.4 Å². The smallest absolute Gasteiger partial charge is 0.172 e. The van der Waals surface area contributed by atoms with Crippen molar-refractivity contribution in [1.82, 2.24) is 4.98 Å². The Morgan fingerprint density at radius 1 is 1.37 bits per heavy atom. The maximum absolute atomic E-state index is 6.11. The molecule has 0 bridgehead atoms. The van der Waals surface area contributed by atoms with Crippen LogP contribution in [0.2, 0.25) is 0 Å². The van der Waals surface area contributed by atoms with Crippen molar-refractivity contribution in [3.63, 3.8) is 0 Å². The predicted octanol–water partition coefficient (Wildman–Crippen LogP) is 3.13. The van der Waals surface area contributed by atoms with Crippen molar-refractivity contribution in [2.75, 3.05) is 18.1 Å². The molecule has 1 aromatic heterocycles. The van der Waals surface area contributed by atoms with E-state index in [2.05, 4.69) is 36.7 Å². The van der Waals surface area contributed by atoms with Crippen molar-refractivity contribution < 1.29 is 4.74 Å². The Morgan fingerprint density at radius 3 is 2.84 bits per heavy atom. The van der Waals surface area contributed by atoms with Gasteiger partial charge in [0.25, 0.3) is 0 Å². The van der Waals surface area contributed by atoms with Crippen LogP contribution in [0.3, 0.4) is 0 Å². The van der Waals surface area contributed by atoms with Gasteiger partial charge in [-0.1, -0.05) is 20.8 Å². The molecule has 3 heterocycles. The molecule has 102 valence electrons. The normalized spacial score (nSPS) is 26.9. The fourth-order valence-electron chi connectivity index (χ4n) is 3.65.